The van der Waals surface area contributed by atoms with Gasteiger partial charge in [0.25, 0.3) is 6.43 Å². The maximum atomic E-state index is 14.1. The molecule has 0 unspecified atom stereocenters. The Labute approximate surface area is 236 Å². The van der Waals surface area contributed by atoms with Crippen molar-refractivity contribution in [2.75, 3.05) is 36.5 Å². The fourth-order valence-electron chi connectivity index (χ4n) is 5.41. The molecule has 1 saturated carbocycles. The molecule has 0 amide bonds. The van der Waals surface area contributed by atoms with Crippen molar-refractivity contribution in [1.29, 1.82) is 0 Å². The van der Waals surface area contributed by atoms with E-state index in [0.29, 0.717) is 80.6 Å². The third kappa shape index (κ3) is 6.02. The minimum Gasteiger partial charge on any atom is -0.378 e. The number of sulfonamides is 1. The van der Waals surface area contributed by atoms with Crippen LogP contribution in [0.5, 0.6) is 0 Å². The van der Waals surface area contributed by atoms with E-state index in [1.165, 1.54) is 4.57 Å². The maximum Gasteiger partial charge on any atom is 0.296 e. The number of alkyl halides is 2. The molecule has 4 aromatic rings. The molecule has 10 nitrogen and oxygen atoms in total. The van der Waals surface area contributed by atoms with Crippen molar-refractivity contribution in [3.8, 4) is 5.82 Å². The zero-order chi connectivity index (χ0) is 28.4. The first-order valence-corrected chi connectivity index (χ1v) is 15.2. The number of hydrogen-bond acceptors (Lipinski definition) is 8. The Hall–Kier alpha value is -3.68. The summed E-state index contributed by atoms with van der Waals surface area (Å²) in [5.74, 6) is 0.866. The van der Waals surface area contributed by atoms with E-state index in [1.54, 1.807) is 60.7 Å². The van der Waals surface area contributed by atoms with E-state index in [1.807, 2.05) is 0 Å². The van der Waals surface area contributed by atoms with E-state index >= 15 is 0 Å². The number of imidazole rings is 1. The van der Waals surface area contributed by atoms with Gasteiger partial charge >= 0.3 is 0 Å². The van der Waals surface area contributed by atoms with Crippen molar-refractivity contribution in [3.63, 3.8) is 0 Å². The van der Waals surface area contributed by atoms with Crippen LogP contribution in [0.1, 0.15) is 37.9 Å². The SMILES string of the molecule is O=S(=O)(N[C@H]1CC[C@H](Nc2nc(N3CCOCC3)cc(-n3c(C(F)F)nc4ccccc43)n2)CC1)c1ccccc1. The molecule has 2 aromatic carbocycles. The van der Waals surface area contributed by atoms with Crippen LogP contribution in [0, 0.1) is 0 Å². The van der Waals surface area contributed by atoms with Crippen LogP contribution >= 0.6 is 0 Å². The Bertz CT molecular complexity index is 1600. The van der Waals surface area contributed by atoms with Gasteiger partial charge in [0.2, 0.25) is 16.0 Å². The van der Waals surface area contributed by atoms with Gasteiger partial charge in [-0.1, -0.05) is 30.3 Å². The van der Waals surface area contributed by atoms with Crippen molar-refractivity contribution in [1.82, 2.24) is 24.2 Å². The summed E-state index contributed by atoms with van der Waals surface area (Å²) in [6.07, 6.45) is -0.129. The number of rotatable bonds is 8. The van der Waals surface area contributed by atoms with Crippen molar-refractivity contribution in [3.05, 3.63) is 66.5 Å². The van der Waals surface area contributed by atoms with Crippen molar-refractivity contribution in [2.24, 2.45) is 0 Å². The monoisotopic (exact) mass is 583 g/mol. The number of benzene rings is 2. The third-order valence-electron chi connectivity index (χ3n) is 7.48. The number of aromatic nitrogens is 4. The van der Waals surface area contributed by atoms with Gasteiger partial charge in [-0.25, -0.2) is 26.9 Å². The number of fused-ring (bicyclic) bond motifs is 1. The minimum atomic E-state index is -3.60. The predicted octanol–water partition coefficient (Wildman–Crippen LogP) is 4.29. The zero-order valence-corrected chi connectivity index (χ0v) is 23.1. The van der Waals surface area contributed by atoms with Crippen LogP contribution in [0.2, 0.25) is 0 Å². The van der Waals surface area contributed by atoms with E-state index in [4.69, 9.17) is 9.72 Å². The molecule has 0 atom stereocenters. The number of nitrogens with zero attached hydrogens (tertiary/aromatic N) is 5. The van der Waals surface area contributed by atoms with Crippen LogP contribution < -0.4 is 14.9 Å². The fourth-order valence-corrected chi connectivity index (χ4v) is 6.74. The molecule has 41 heavy (non-hydrogen) atoms. The second-order valence-electron chi connectivity index (χ2n) is 10.2. The average molecular weight is 584 g/mol. The minimum absolute atomic E-state index is 0.00521. The smallest absolute Gasteiger partial charge is 0.296 e. The Kier molecular flexibility index (Phi) is 7.82. The summed E-state index contributed by atoms with van der Waals surface area (Å²) in [6, 6.07) is 16.9. The second kappa shape index (κ2) is 11.7. The highest BCUT2D eigenvalue weighted by Crippen LogP contribution is 2.30. The number of para-hydroxylation sites is 2. The van der Waals surface area contributed by atoms with Gasteiger partial charge in [0, 0.05) is 31.2 Å². The first-order valence-electron chi connectivity index (χ1n) is 13.7. The van der Waals surface area contributed by atoms with E-state index < -0.39 is 16.4 Å². The molecule has 216 valence electrons. The van der Waals surface area contributed by atoms with Crippen LogP contribution in [-0.2, 0) is 14.8 Å². The molecule has 0 radical (unpaired) electrons. The Morgan fingerprint density at radius 2 is 1.51 bits per heavy atom. The third-order valence-corrected chi connectivity index (χ3v) is 9.02. The molecule has 2 fully saturated rings. The van der Waals surface area contributed by atoms with Gasteiger partial charge in [0.15, 0.2) is 5.82 Å². The highest BCUT2D eigenvalue weighted by atomic mass is 32.2. The molecule has 1 aliphatic heterocycles. The van der Waals surface area contributed by atoms with Crippen molar-refractivity contribution < 1.29 is 21.9 Å². The summed E-state index contributed by atoms with van der Waals surface area (Å²) in [5.41, 5.74) is 0.992. The predicted molar refractivity (Wildman–Crippen MR) is 151 cm³/mol. The molecule has 2 aromatic heterocycles. The number of hydrogen-bond donors (Lipinski definition) is 2. The van der Waals surface area contributed by atoms with Crippen molar-refractivity contribution in [2.45, 2.75) is 49.1 Å². The van der Waals surface area contributed by atoms with Crippen LogP contribution in [0.25, 0.3) is 16.9 Å². The number of halogens is 2. The van der Waals surface area contributed by atoms with Gasteiger partial charge in [0.05, 0.1) is 29.1 Å². The maximum absolute atomic E-state index is 14.1. The number of anilines is 2. The molecule has 13 heteroatoms. The molecule has 2 aliphatic rings. The van der Waals surface area contributed by atoms with Crippen LogP contribution in [-0.4, -0.2) is 66.3 Å². The normalized spacial score (nSPS) is 20.0. The molecular weight excluding hydrogens is 552 g/mol. The summed E-state index contributed by atoms with van der Waals surface area (Å²) < 4.78 is 63.5. The molecular formula is C28H31F2N7O3S. The van der Waals surface area contributed by atoms with Gasteiger partial charge in [-0.15, -0.1) is 0 Å². The Balaban J connectivity index is 1.25. The van der Waals surface area contributed by atoms with E-state index in [9.17, 15) is 17.2 Å². The zero-order valence-electron chi connectivity index (χ0n) is 22.3. The molecule has 2 N–H and O–H groups in total. The van der Waals surface area contributed by atoms with E-state index in [-0.39, 0.29) is 22.8 Å². The Morgan fingerprint density at radius 3 is 2.24 bits per heavy atom. The lowest BCUT2D eigenvalue weighted by molar-refractivity contribution is 0.122. The summed E-state index contributed by atoms with van der Waals surface area (Å²) in [7, 11) is -3.60. The number of nitrogens with one attached hydrogen (secondary N) is 2. The standard InChI is InChI=1S/C28H31F2N7O3S/c29-26(30)27-32-22-8-4-5-9-23(22)37(27)25-18-24(36-14-16-40-17-15-36)33-28(34-25)31-19-10-12-20(13-11-19)35-41(38,39)21-6-2-1-3-7-21/h1-9,18-20,26,35H,10-17H2,(H,31,33,34)/t19-,20-. The first-order chi connectivity index (χ1) is 19.9. The van der Waals surface area contributed by atoms with Gasteiger partial charge in [-0.3, -0.25) is 4.57 Å². The molecule has 6 rings (SSSR count). The quantitative estimate of drug-likeness (QED) is 0.316. The fraction of sp³-hybridized carbons (Fsp3) is 0.393. The summed E-state index contributed by atoms with van der Waals surface area (Å²) in [6.45, 7) is 2.33. The lowest BCUT2D eigenvalue weighted by Gasteiger charge is -2.31. The highest BCUT2D eigenvalue weighted by molar-refractivity contribution is 7.89. The summed E-state index contributed by atoms with van der Waals surface area (Å²) >= 11 is 0. The van der Waals surface area contributed by atoms with Gasteiger partial charge in [-0.05, 0) is 49.9 Å². The average Bonchev–Trinajstić information content (AvgIpc) is 3.39. The van der Waals surface area contributed by atoms with Gasteiger partial charge in [-0.2, -0.15) is 9.97 Å². The van der Waals surface area contributed by atoms with Crippen LogP contribution in [0.3, 0.4) is 0 Å². The second-order valence-corrected chi connectivity index (χ2v) is 11.9. The molecule has 0 bridgehead atoms. The summed E-state index contributed by atoms with van der Waals surface area (Å²) in [5, 5.41) is 3.40. The summed E-state index contributed by atoms with van der Waals surface area (Å²) in [4.78, 5) is 15.9. The molecule has 0 spiro atoms. The number of morpholine rings is 1. The first kappa shape index (κ1) is 27.5. The topological polar surface area (TPSA) is 114 Å². The molecule has 3 heterocycles. The largest absolute Gasteiger partial charge is 0.378 e. The Morgan fingerprint density at radius 1 is 0.854 bits per heavy atom. The lowest BCUT2D eigenvalue weighted by Crippen LogP contribution is -2.40. The van der Waals surface area contributed by atoms with E-state index in [2.05, 4.69) is 24.9 Å². The number of ether oxygens (including phenoxy) is 1. The van der Waals surface area contributed by atoms with Gasteiger partial charge < -0.3 is 15.0 Å². The van der Waals surface area contributed by atoms with Crippen LogP contribution in [0.15, 0.2) is 65.6 Å². The molecule has 1 aliphatic carbocycles. The van der Waals surface area contributed by atoms with Crippen LogP contribution in [0.4, 0.5) is 20.5 Å². The molecule has 1 saturated heterocycles. The van der Waals surface area contributed by atoms with Gasteiger partial charge in [0.1, 0.15) is 11.6 Å². The highest BCUT2D eigenvalue weighted by Gasteiger charge is 2.27. The lowest BCUT2D eigenvalue weighted by atomic mass is 9.92. The van der Waals surface area contributed by atoms with Crippen molar-refractivity contribution >= 4 is 32.8 Å². The van der Waals surface area contributed by atoms with E-state index in [0.717, 1.165) is 0 Å².